The quantitative estimate of drug-likeness (QED) is 0.0346. The van der Waals surface area contributed by atoms with Gasteiger partial charge in [0.25, 0.3) is 0 Å². The summed E-state index contributed by atoms with van der Waals surface area (Å²) in [4.78, 5) is 25.4. The highest BCUT2D eigenvalue weighted by molar-refractivity contribution is 5.70. The Morgan fingerprint density at radius 1 is 0.359 bits per heavy atom. The van der Waals surface area contributed by atoms with E-state index in [-0.39, 0.29) is 25.2 Å². The van der Waals surface area contributed by atoms with Crippen LogP contribution in [0, 0.1) is 0 Å². The second-order valence-corrected chi connectivity index (χ2v) is 17.4. The molecule has 0 bridgehead atoms. The van der Waals surface area contributed by atoms with Crippen LogP contribution in [-0.4, -0.2) is 37.9 Å². The summed E-state index contributed by atoms with van der Waals surface area (Å²) < 4.78 is 17.4. The lowest BCUT2D eigenvalue weighted by atomic mass is 10.1. The van der Waals surface area contributed by atoms with E-state index in [9.17, 15) is 9.59 Å². The van der Waals surface area contributed by atoms with Crippen molar-refractivity contribution >= 4 is 11.9 Å². The molecule has 0 aromatic carbocycles. The Bertz CT molecular complexity index is 1230. The lowest BCUT2D eigenvalue weighted by Crippen LogP contribution is -2.30. The van der Waals surface area contributed by atoms with E-state index in [4.69, 9.17) is 14.2 Å². The van der Waals surface area contributed by atoms with Crippen molar-refractivity contribution in [2.45, 2.75) is 245 Å². The van der Waals surface area contributed by atoms with E-state index >= 15 is 0 Å². The number of hydrogen-bond donors (Lipinski definition) is 0. The molecule has 0 aliphatic rings. The predicted molar refractivity (Wildman–Crippen MR) is 279 cm³/mol. The second-order valence-electron chi connectivity index (χ2n) is 17.4. The Kier molecular flexibility index (Phi) is 51.5. The van der Waals surface area contributed by atoms with Crippen LogP contribution in [0.15, 0.2) is 97.2 Å². The number of hydrogen-bond acceptors (Lipinski definition) is 5. The smallest absolute Gasteiger partial charge is 0.306 e. The number of rotatable bonds is 48. The largest absolute Gasteiger partial charge is 0.462 e. The van der Waals surface area contributed by atoms with Crippen molar-refractivity contribution in [3.8, 4) is 0 Å². The van der Waals surface area contributed by atoms with Crippen molar-refractivity contribution in [3.05, 3.63) is 97.2 Å². The van der Waals surface area contributed by atoms with Gasteiger partial charge >= 0.3 is 11.9 Å². The average Bonchev–Trinajstić information content (AvgIpc) is 3.30. The Balaban J connectivity index is 4.37. The van der Waals surface area contributed by atoms with Crippen molar-refractivity contribution in [1.82, 2.24) is 0 Å². The van der Waals surface area contributed by atoms with Gasteiger partial charge in [-0.3, -0.25) is 9.59 Å². The third kappa shape index (κ3) is 51.5. The van der Waals surface area contributed by atoms with Crippen LogP contribution in [0.3, 0.4) is 0 Å². The third-order valence-corrected chi connectivity index (χ3v) is 11.1. The van der Waals surface area contributed by atoms with Gasteiger partial charge in [0.15, 0.2) is 6.10 Å². The van der Waals surface area contributed by atoms with Gasteiger partial charge in [0.05, 0.1) is 6.61 Å². The summed E-state index contributed by atoms with van der Waals surface area (Å²) in [7, 11) is 0. The number of ether oxygens (including phenoxy) is 3. The SMILES string of the molecule is CC/C=C\C/C=C\C/C=C\C/C=C\CCCCC(=O)OC(COCCCCCCCC/C=C\CCCCCCCC)COC(=O)CCCCCCCCC/C=C\C/C=C\C/C=C\CC. The van der Waals surface area contributed by atoms with Crippen LogP contribution >= 0.6 is 0 Å². The number of esters is 2. The van der Waals surface area contributed by atoms with Crippen molar-refractivity contribution in [3.63, 3.8) is 0 Å². The molecule has 1 atom stereocenters. The molecular weight excluding hydrogens is 789 g/mol. The molecular formula is C59H100O5. The Morgan fingerprint density at radius 3 is 1.17 bits per heavy atom. The molecule has 1 unspecified atom stereocenters. The molecule has 0 aromatic heterocycles. The molecule has 5 nitrogen and oxygen atoms in total. The fourth-order valence-electron chi connectivity index (χ4n) is 7.16. The minimum absolute atomic E-state index is 0.0565. The summed E-state index contributed by atoms with van der Waals surface area (Å²) in [6.45, 7) is 7.54. The van der Waals surface area contributed by atoms with Crippen molar-refractivity contribution < 1.29 is 23.8 Å². The lowest BCUT2D eigenvalue weighted by molar-refractivity contribution is -0.163. The van der Waals surface area contributed by atoms with Gasteiger partial charge in [0.1, 0.15) is 6.61 Å². The first-order valence-electron chi connectivity index (χ1n) is 26.8. The predicted octanol–water partition coefficient (Wildman–Crippen LogP) is 18.2. The summed E-state index contributed by atoms with van der Waals surface area (Å²) >= 11 is 0. The van der Waals surface area contributed by atoms with E-state index in [1.807, 2.05) is 0 Å². The molecule has 0 amide bonds. The maximum absolute atomic E-state index is 12.8. The molecule has 0 heterocycles. The summed E-state index contributed by atoms with van der Waals surface area (Å²) in [6.07, 6.45) is 72.8. The maximum Gasteiger partial charge on any atom is 0.306 e. The molecule has 0 aliphatic carbocycles. The van der Waals surface area contributed by atoms with Crippen LogP contribution in [-0.2, 0) is 23.8 Å². The zero-order valence-corrected chi connectivity index (χ0v) is 42.0. The highest BCUT2D eigenvalue weighted by atomic mass is 16.6. The van der Waals surface area contributed by atoms with Crippen LogP contribution in [0.2, 0.25) is 0 Å². The Hall–Kier alpha value is -3.18. The molecule has 0 N–H and O–H groups in total. The van der Waals surface area contributed by atoms with Gasteiger partial charge in [-0.2, -0.15) is 0 Å². The number of allylic oxidation sites excluding steroid dienone is 16. The van der Waals surface area contributed by atoms with Gasteiger partial charge in [-0.15, -0.1) is 0 Å². The standard InChI is InChI=1S/C59H100O5/c1-4-7-10-13-16-19-22-25-28-30-32-34-37-40-43-46-49-52-58(60)63-56-57(55-62-54-51-48-45-42-39-36-33-29-26-23-20-17-14-11-8-5-2)64-59(61)53-50-47-44-41-38-35-31-27-24-21-18-15-12-9-6-3/h7,9-10,12,16,18-19,21,25-29,31,38,41,57H,4-6,8,11,13-15,17,20,22-24,30,32-37,39-40,42-56H2,1-3H3/b10-7-,12-9-,19-16-,21-18-,28-25-,29-26-,31-27-,41-38-. The lowest BCUT2D eigenvalue weighted by Gasteiger charge is -2.18. The normalized spacial score (nSPS) is 13.0. The molecule has 64 heavy (non-hydrogen) atoms. The maximum atomic E-state index is 12.8. The first-order chi connectivity index (χ1) is 31.6. The zero-order valence-electron chi connectivity index (χ0n) is 42.0. The average molecular weight is 889 g/mol. The zero-order chi connectivity index (χ0) is 46.3. The monoisotopic (exact) mass is 889 g/mol. The van der Waals surface area contributed by atoms with E-state index in [0.29, 0.717) is 19.4 Å². The van der Waals surface area contributed by atoms with Crippen LogP contribution in [0.25, 0.3) is 0 Å². The molecule has 0 rings (SSSR count). The molecule has 0 aliphatic heterocycles. The van der Waals surface area contributed by atoms with E-state index in [2.05, 4.69) is 118 Å². The van der Waals surface area contributed by atoms with Crippen molar-refractivity contribution in [2.75, 3.05) is 19.8 Å². The van der Waals surface area contributed by atoms with Gasteiger partial charge in [0, 0.05) is 19.4 Å². The molecule has 0 saturated heterocycles. The van der Waals surface area contributed by atoms with Gasteiger partial charge in [0.2, 0.25) is 0 Å². The third-order valence-electron chi connectivity index (χ3n) is 11.1. The van der Waals surface area contributed by atoms with Crippen LogP contribution in [0.5, 0.6) is 0 Å². The molecule has 0 spiro atoms. The molecule has 0 radical (unpaired) electrons. The summed E-state index contributed by atoms with van der Waals surface area (Å²) in [6, 6.07) is 0. The van der Waals surface area contributed by atoms with Crippen molar-refractivity contribution in [1.29, 1.82) is 0 Å². The van der Waals surface area contributed by atoms with Gasteiger partial charge in [-0.05, 0) is 116 Å². The fraction of sp³-hybridized carbons (Fsp3) is 0.695. The van der Waals surface area contributed by atoms with Crippen LogP contribution in [0.1, 0.15) is 239 Å². The summed E-state index contributed by atoms with van der Waals surface area (Å²) in [5.41, 5.74) is 0. The summed E-state index contributed by atoms with van der Waals surface area (Å²) in [5, 5.41) is 0. The molecule has 366 valence electrons. The fourth-order valence-corrected chi connectivity index (χ4v) is 7.16. The van der Waals surface area contributed by atoms with Gasteiger partial charge in [-0.25, -0.2) is 0 Å². The van der Waals surface area contributed by atoms with E-state index in [0.717, 1.165) is 103 Å². The summed E-state index contributed by atoms with van der Waals surface area (Å²) in [5.74, 6) is -0.461. The van der Waals surface area contributed by atoms with E-state index < -0.39 is 6.10 Å². The second kappa shape index (κ2) is 54.2. The highest BCUT2D eigenvalue weighted by Gasteiger charge is 2.17. The minimum Gasteiger partial charge on any atom is -0.462 e. The van der Waals surface area contributed by atoms with Crippen LogP contribution in [0.4, 0.5) is 0 Å². The number of unbranched alkanes of at least 4 members (excludes halogenated alkanes) is 21. The Labute approximate surface area is 396 Å². The first kappa shape index (κ1) is 60.8. The van der Waals surface area contributed by atoms with E-state index in [1.54, 1.807) is 0 Å². The molecule has 0 fully saturated rings. The van der Waals surface area contributed by atoms with Gasteiger partial charge in [-0.1, -0.05) is 208 Å². The van der Waals surface area contributed by atoms with Crippen LogP contribution < -0.4 is 0 Å². The molecule has 0 aromatic rings. The minimum atomic E-state index is -0.570. The molecule has 5 heteroatoms. The highest BCUT2D eigenvalue weighted by Crippen LogP contribution is 2.13. The number of carbonyl (C=O) groups is 2. The van der Waals surface area contributed by atoms with Crippen molar-refractivity contribution in [2.24, 2.45) is 0 Å². The van der Waals surface area contributed by atoms with E-state index in [1.165, 1.54) is 103 Å². The first-order valence-corrected chi connectivity index (χ1v) is 26.8. The topological polar surface area (TPSA) is 61.8 Å². The Morgan fingerprint density at radius 2 is 0.703 bits per heavy atom. The number of carbonyl (C=O) groups excluding carboxylic acids is 2. The molecule has 0 saturated carbocycles. The van der Waals surface area contributed by atoms with Gasteiger partial charge < -0.3 is 14.2 Å².